The highest BCUT2D eigenvalue weighted by Gasteiger charge is 2.37. The summed E-state index contributed by atoms with van der Waals surface area (Å²) in [6.45, 7) is 1.05. The van der Waals surface area contributed by atoms with Gasteiger partial charge in [-0.25, -0.2) is 8.42 Å². The number of rotatable bonds is 5. The molecule has 0 bridgehead atoms. The third-order valence-electron chi connectivity index (χ3n) is 5.73. The number of carbonyl (C=O) groups excluding carboxylic acids is 1. The molecule has 1 N–H and O–H groups in total. The summed E-state index contributed by atoms with van der Waals surface area (Å²) in [6, 6.07) is 12.9. The number of hydrogen-bond donors (Lipinski definition) is 1. The summed E-state index contributed by atoms with van der Waals surface area (Å²) in [7, 11) is -2.28. The van der Waals surface area contributed by atoms with Crippen LogP contribution in [0.25, 0.3) is 0 Å². The summed E-state index contributed by atoms with van der Waals surface area (Å²) in [5.41, 5.74) is 0.796. The maximum absolute atomic E-state index is 13.2. The summed E-state index contributed by atoms with van der Waals surface area (Å²) in [4.78, 5) is 15.1. The molecule has 0 unspecified atom stereocenters. The van der Waals surface area contributed by atoms with Crippen molar-refractivity contribution in [3.8, 4) is 5.75 Å². The predicted molar refractivity (Wildman–Crippen MR) is 113 cm³/mol. The lowest BCUT2D eigenvalue weighted by molar-refractivity contribution is -0.0752. The molecule has 2 aromatic carbocycles. The standard InChI is InChI=1S/C22H26N2O5S/c1-28-18-11-9-17(10-12-18)23-30(26,27)19-6-4-5-16(15-19)22(25)24-13-14-29-21-8-3-2-7-20(21)24/h4-6,9-12,15,20-21,23H,2-3,7-8,13-14H2,1H3/t20-,21-/m0/s1. The fourth-order valence-electron chi connectivity index (χ4n) is 4.18. The quantitative estimate of drug-likeness (QED) is 0.787. The minimum absolute atomic E-state index is 0.0534. The number of carbonyl (C=O) groups is 1. The summed E-state index contributed by atoms with van der Waals surface area (Å²) in [5.74, 6) is 0.494. The summed E-state index contributed by atoms with van der Waals surface area (Å²) >= 11 is 0. The van der Waals surface area contributed by atoms with Crippen molar-refractivity contribution in [1.82, 2.24) is 4.90 Å². The van der Waals surface area contributed by atoms with E-state index in [0.29, 0.717) is 30.2 Å². The SMILES string of the molecule is COc1ccc(NS(=O)(=O)c2cccc(C(=O)N3CCO[C@H]4CCCC[C@@H]43)c2)cc1. The van der Waals surface area contributed by atoms with Crippen molar-refractivity contribution in [2.75, 3.05) is 25.0 Å². The highest BCUT2D eigenvalue weighted by atomic mass is 32.2. The monoisotopic (exact) mass is 430 g/mol. The first kappa shape index (κ1) is 20.7. The van der Waals surface area contributed by atoms with Crippen molar-refractivity contribution in [1.29, 1.82) is 0 Å². The molecule has 1 saturated carbocycles. The van der Waals surface area contributed by atoms with Gasteiger partial charge in [0.2, 0.25) is 0 Å². The maximum atomic E-state index is 13.2. The van der Waals surface area contributed by atoms with E-state index in [-0.39, 0.29) is 22.9 Å². The van der Waals surface area contributed by atoms with Crippen molar-refractivity contribution < 1.29 is 22.7 Å². The molecule has 2 fully saturated rings. The highest BCUT2D eigenvalue weighted by molar-refractivity contribution is 7.92. The Labute approximate surface area is 177 Å². The molecule has 2 aliphatic rings. The van der Waals surface area contributed by atoms with Gasteiger partial charge in [-0.15, -0.1) is 0 Å². The van der Waals surface area contributed by atoms with E-state index in [9.17, 15) is 13.2 Å². The van der Waals surface area contributed by atoms with Gasteiger partial charge in [0.1, 0.15) is 5.75 Å². The van der Waals surface area contributed by atoms with Crippen LogP contribution in [0.1, 0.15) is 36.0 Å². The van der Waals surface area contributed by atoms with Crippen LogP contribution in [0.5, 0.6) is 5.75 Å². The molecule has 1 saturated heterocycles. The Morgan fingerprint density at radius 1 is 1.13 bits per heavy atom. The number of nitrogens with one attached hydrogen (secondary N) is 1. The number of sulfonamides is 1. The molecule has 1 heterocycles. The van der Waals surface area contributed by atoms with E-state index in [0.717, 1.165) is 25.7 Å². The molecule has 4 rings (SSSR count). The number of anilines is 1. The van der Waals surface area contributed by atoms with Crippen LogP contribution < -0.4 is 9.46 Å². The minimum Gasteiger partial charge on any atom is -0.497 e. The zero-order chi connectivity index (χ0) is 21.1. The molecule has 160 valence electrons. The van der Waals surface area contributed by atoms with E-state index >= 15 is 0 Å². The van der Waals surface area contributed by atoms with E-state index in [4.69, 9.17) is 9.47 Å². The Morgan fingerprint density at radius 2 is 1.90 bits per heavy atom. The van der Waals surface area contributed by atoms with Gasteiger partial charge in [-0.1, -0.05) is 18.9 Å². The highest BCUT2D eigenvalue weighted by Crippen LogP contribution is 2.30. The van der Waals surface area contributed by atoms with E-state index in [1.165, 1.54) is 12.1 Å². The molecule has 1 aliphatic heterocycles. The Bertz CT molecular complexity index is 1000. The lowest BCUT2D eigenvalue weighted by Crippen LogP contribution is -2.54. The lowest BCUT2D eigenvalue weighted by atomic mass is 9.89. The van der Waals surface area contributed by atoms with E-state index in [1.807, 2.05) is 4.90 Å². The van der Waals surface area contributed by atoms with Gasteiger partial charge in [-0.2, -0.15) is 0 Å². The largest absolute Gasteiger partial charge is 0.497 e. The molecule has 1 amide bonds. The van der Waals surface area contributed by atoms with Crippen molar-refractivity contribution in [2.24, 2.45) is 0 Å². The number of benzene rings is 2. The van der Waals surface area contributed by atoms with E-state index in [1.54, 1.807) is 43.5 Å². The third kappa shape index (κ3) is 4.29. The molecule has 0 spiro atoms. The fourth-order valence-corrected chi connectivity index (χ4v) is 5.29. The second-order valence-corrected chi connectivity index (χ2v) is 9.30. The van der Waals surface area contributed by atoms with Crippen molar-refractivity contribution in [2.45, 2.75) is 42.7 Å². The number of hydrogen-bond acceptors (Lipinski definition) is 5. The molecule has 7 nitrogen and oxygen atoms in total. The third-order valence-corrected chi connectivity index (χ3v) is 7.11. The first-order valence-corrected chi connectivity index (χ1v) is 11.7. The van der Waals surface area contributed by atoms with Crippen molar-refractivity contribution in [3.05, 3.63) is 54.1 Å². The molecule has 2 aromatic rings. The maximum Gasteiger partial charge on any atom is 0.261 e. The van der Waals surface area contributed by atoms with Gasteiger partial charge in [0.05, 0.1) is 30.8 Å². The van der Waals surface area contributed by atoms with Crippen LogP contribution in [0.4, 0.5) is 5.69 Å². The molecule has 2 atom stereocenters. The summed E-state index contributed by atoms with van der Waals surface area (Å²) in [6.07, 6.45) is 4.17. The molecule has 8 heteroatoms. The number of methoxy groups -OCH3 is 1. The van der Waals surface area contributed by atoms with Gasteiger partial charge < -0.3 is 14.4 Å². The first-order valence-electron chi connectivity index (χ1n) is 10.2. The van der Waals surface area contributed by atoms with Crippen LogP contribution in [-0.4, -0.2) is 51.6 Å². The Balaban J connectivity index is 1.54. The van der Waals surface area contributed by atoms with Crippen molar-refractivity contribution >= 4 is 21.6 Å². The second-order valence-electron chi connectivity index (χ2n) is 7.62. The van der Waals surface area contributed by atoms with Gasteiger partial charge in [-0.05, 0) is 55.3 Å². The Morgan fingerprint density at radius 3 is 2.67 bits per heavy atom. The van der Waals surface area contributed by atoms with Crippen LogP contribution in [-0.2, 0) is 14.8 Å². The number of morpholine rings is 1. The minimum atomic E-state index is -3.83. The number of amides is 1. The van der Waals surface area contributed by atoms with Gasteiger partial charge >= 0.3 is 0 Å². The predicted octanol–water partition coefficient (Wildman–Crippen LogP) is 3.28. The molecule has 30 heavy (non-hydrogen) atoms. The lowest BCUT2D eigenvalue weighted by Gasteiger charge is -2.43. The van der Waals surface area contributed by atoms with Crippen LogP contribution in [0, 0.1) is 0 Å². The van der Waals surface area contributed by atoms with Crippen LogP contribution in [0.2, 0.25) is 0 Å². The first-order chi connectivity index (χ1) is 14.5. The molecular formula is C22H26N2O5S. The summed E-state index contributed by atoms with van der Waals surface area (Å²) in [5, 5.41) is 0. The van der Waals surface area contributed by atoms with E-state index < -0.39 is 10.0 Å². The van der Waals surface area contributed by atoms with Crippen molar-refractivity contribution in [3.63, 3.8) is 0 Å². The van der Waals surface area contributed by atoms with Crippen LogP contribution in [0.15, 0.2) is 53.4 Å². The van der Waals surface area contributed by atoms with E-state index in [2.05, 4.69) is 4.72 Å². The zero-order valence-electron chi connectivity index (χ0n) is 16.9. The number of fused-ring (bicyclic) bond motifs is 1. The molecule has 1 aliphatic carbocycles. The van der Waals surface area contributed by atoms with Gasteiger partial charge in [0.25, 0.3) is 15.9 Å². The van der Waals surface area contributed by atoms with Gasteiger partial charge in [-0.3, -0.25) is 9.52 Å². The average molecular weight is 431 g/mol. The van der Waals surface area contributed by atoms with Crippen LogP contribution in [0.3, 0.4) is 0 Å². The molecule has 0 aromatic heterocycles. The Hall–Kier alpha value is -2.58. The second kappa shape index (κ2) is 8.65. The smallest absolute Gasteiger partial charge is 0.261 e. The molecular weight excluding hydrogens is 404 g/mol. The number of ether oxygens (including phenoxy) is 2. The molecule has 0 radical (unpaired) electrons. The normalized spacial score (nSPS) is 21.6. The average Bonchev–Trinajstić information content (AvgIpc) is 2.78. The van der Waals surface area contributed by atoms with Gasteiger partial charge in [0.15, 0.2) is 0 Å². The fraction of sp³-hybridized carbons (Fsp3) is 0.409. The zero-order valence-corrected chi connectivity index (χ0v) is 17.7. The summed E-state index contributed by atoms with van der Waals surface area (Å²) < 4.78 is 39.2. The topological polar surface area (TPSA) is 84.9 Å². The number of nitrogens with zero attached hydrogens (tertiary/aromatic N) is 1. The van der Waals surface area contributed by atoms with Gasteiger partial charge in [0, 0.05) is 17.8 Å². The van der Waals surface area contributed by atoms with Crippen LogP contribution >= 0.6 is 0 Å². The Kier molecular flexibility index (Phi) is 5.97.